The molecule has 0 saturated heterocycles. The molecule has 0 radical (unpaired) electrons. The lowest BCUT2D eigenvalue weighted by molar-refractivity contribution is -0.147. The normalized spacial score (nSPS) is 12.6. The number of carbonyl (C=O) groups excluding carboxylic acids is 2. The topological polar surface area (TPSA) is 103 Å². The molecule has 2 rings (SSSR count). The van der Waals surface area contributed by atoms with E-state index in [1.54, 1.807) is 49.4 Å². The number of likely N-dealkylation sites (N-methyl/N-ethyl adjacent to an activating group) is 1. The zero-order chi connectivity index (χ0) is 24.3. The van der Waals surface area contributed by atoms with Gasteiger partial charge in [0.1, 0.15) is 6.04 Å². The molecule has 0 aliphatic rings. The van der Waals surface area contributed by atoms with E-state index >= 15 is 0 Å². The molecular weight excluding hydrogens is 444 g/mol. The monoisotopic (exact) mass is 474 g/mol. The molecular formula is C24H30N2O6S. The van der Waals surface area contributed by atoms with E-state index in [9.17, 15) is 18.0 Å². The smallest absolute Gasteiger partial charge is 0.330 e. The average molecular weight is 475 g/mol. The minimum atomic E-state index is -4.04. The molecule has 0 N–H and O–H groups in total. The number of unbranched alkanes of at least 4 members (excludes halogenated alkanes) is 1. The fraction of sp³-hybridized carbons (Fsp3) is 0.375. The lowest BCUT2D eigenvalue weighted by atomic mass is 10.00. The zero-order valence-electron chi connectivity index (χ0n) is 19.1. The first-order chi connectivity index (χ1) is 15.8. The lowest BCUT2D eigenvalue weighted by Crippen LogP contribution is -2.45. The summed E-state index contributed by atoms with van der Waals surface area (Å²) >= 11 is 0. The Bertz CT molecular complexity index is 1050. The maximum atomic E-state index is 13.1. The summed E-state index contributed by atoms with van der Waals surface area (Å²) in [6.45, 7) is 4.12. The standard InChI is InChI=1S/C24H30N2O6S/c1-4-6-17-32-23(27)15-14-19-11-7-8-12-20(19)18-21(24(28)31-5-2)26(3)33(29,30)22-13-9-10-16-25-22/h7-16,21H,4-6,17-18H2,1-3H3/b15-14+. The molecule has 0 spiro atoms. The molecule has 9 heteroatoms. The van der Waals surface area contributed by atoms with E-state index in [-0.39, 0.29) is 18.1 Å². The molecule has 0 aliphatic heterocycles. The number of ether oxygens (including phenoxy) is 2. The van der Waals surface area contributed by atoms with E-state index < -0.39 is 28.0 Å². The summed E-state index contributed by atoms with van der Waals surface area (Å²) in [7, 11) is -2.72. The van der Waals surface area contributed by atoms with E-state index in [1.807, 2.05) is 6.92 Å². The predicted molar refractivity (Wildman–Crippen MR) is 125 cm³/mol. The van der Waals surface area contributed by atoms with Crippen molar-refractivity contribution in [3.05, 3.63) is 65.9 Å². The second kappa shape index (κ2) is 12.9. The molecule has 8 nitrogen and oxygen atoms in total. The van der Waals surface area contributed by atoms with Crippen molar-refractivity contribution in [3.63, 3.8) is 0 Å². The van der Waals surface area contributed by atoms with E-state index in [1.165, 1.54) is 25.4 Å². The van der Waals surface area contributed by atoms with Gasteiger partial charge in [0.15, 0.2) is 5.03 Å². The Labute approximate surface area is 195 Å². The van der Waals surface area contributed by atoms with E-state index in [4.69, 9.17) is 9.47 Å². The third kappa shape index (κ3) is 7.50. The molecule has 1 heterocycles. The number of aromatic nitrogens is 1. The average Bonchev–Trinajstić information content (AvgIpc) is 2.82. The first-order valence-electron chi connectivity index (χ1n) is 10.8. The quantitative estimate of drug-likeness (QED) is 0.264. The van der Waals surface area contributed by atoms with E-state index in [0.717, 1.165) is 17.1 Å². The van der Waals surface area contributed by atoms with Gasteiger partial charge in [-0.1, -0.05) is 43.7 Å². The van der Waals surface area contributed by atoms with Crippen LogP contribution >= 0.6 is 0 Å². The van der Waals surface area contributed by atoms with Gasteiger partial charge in [-0.05, 0) is 42.7 Å². The molecule has 1 aromatic carbocycles. The fourth-order valence-electron chi connectivity index (χ4n) is 3.03. The van der Waals surface area contributed by atoms with Crippen molar-refractivity contribution in [1.82, 2.24) is 9.29 Å². The Balaban J connectivity index is 2.31. The first kappa shape index (κ1) is 26.2. The number of hydrogen-bond donors (Lipinski definition) is 0. The van der Waals surface area contributed by atoms with Crippen molar-refractivity contribution in [2.75, 3.05) is 20.3 Å². The van der Waals surface area contributed by atoms with Crippen molar-refractivity contribution in [3.8, 4) is 0 Å². The summed E-state index contributed by atoms with van der Waals surface area (Å²) in [5, 5.41) is -0.162. The third-order valence-corrected chi connectivity index (χ3v) is 6.67. The largest absolute Gasteiger partial charge is 0.465 e. The molecule has 178 valence electrons. The van der Waals surface area contributed by atoms with Gasteiger partial charge in [-0.2, -0.15) is 4.31 Å². The van der Waals surface area contributed by atoms with Gasteiger partial charge in [0.25, 0.3) is 10.0 Å². The molecule has 1 atom stereocenters. The Morgan fingerprint density at radius 3 is 2.48 bits per heavy atom. The van der Waals surface area contributed by atoms with Crippen molar-refractivity contribution in [1.29, 1.82) is 0 Å². The van der Waals surface area contributed by atoms with Gasteiger partial charge in [0.2, 0.25) is 0 Å². The number of benzene rings is 1. The number of rotatable bonds is 12. The van der Waals surface area contributed by atoms with Crippen LogP contribution in [-0.2, 0) is 35.5 Å². The van der Waals surface area contributed by atoms with Crippen molar-refractivity contribution < 1.29 is 27.5 Å². The van der Waals surface area contributed by atoms with Crippen LogP contribution in [0.25, 0.3) is 6.08 Å². The van der Waals surface area contributed by atoms with Gasteiger partial charge in [0, 0.05) is 25.7 Å². The summed E-state index contributed by atoms with van der Waals surface area (Å²) in [5.74, 6) is -1.13. The van der Waals surface area contributed by atoms with Gasteiger partial charge in [-0.25, -0.2) is 18.2 Å². The zero-order valence-corrected chi connectivity index (χ0v) is 20.0. The maximum Gasteiger partial charge on any atom is 0.330 e. The molecule has 0 bridgehead atoms. The maximum absolute atomic E-state index is 13.1. The fourth-order valence-corrected chi connectivity index (χ4v) is 4.26. The van der Waals surface area contributed by atoms with Crippen LogP contribution in [0.15, 0.2) is 59.8 Å². The molecule has 0 amide bonds. The lowest BCUT2D eigenvalue weighted by Gasteiger charge is -2.26. The number of nitrogens with zero attached hydrogens (tertiary/aromatic N) is 2. The highest BCUT2D eigenvalue weighted by Crippen LogP contribution is 2.21. The molecule has 33 heavy (non-hydrogen) atoms. The van der Waals surface area contributed by atoms with Gasteiger partial charge in [-0.15, -0.1) is 0 Å². The Morgan fingerprint density at radius 2 is 1.82 bits per heavy atom. The summed E-state index contributed by atoms with van der Waals surface area (Å²) in [6.07, 6.45) is 6.05. The molecule has 1 aromatic heterocycles. The molecule has 1 unspecified atom stereocenters. The van der Waals surface area contributed by atoms with Gasteiger partial charge in [0.05, 0.1) is 13.2 Å². The molecule has 0 aliphatic carbocycles. The van der Waals surface area contributed by atoms with Crippen LogP contribution in [0.1, 0.15) is 37.8 Å². The van der Waals surface area contributed by atoms with Crippen LogP contribution in [0.3, 0.4) is 0 Å². The van der Waals surface area contributed by atoms with E-state index in [2.05, 4.69) is 4.98 Å². The van der Waals surface area contributed by atoms with Crippen LogP contribution in [0.5, 0.6) is 0 Å². The predicted octanol–water partition coefficient (Wildman–Crippen LogP) is 3.23. The number of sulfonamides is 1. The van der Waals surface area contributed by atoms with Crippen LogP contribution in [-0.4, -0.2) is 55.9 Å². The van der Waals surface area contributed by atoms with Gasteiger partial charge >= 0.3 is 11.9 Å². The molecule has 0 fully saturated rings. The summed E-state index contributed by atoms with van der Waals surface area (Å²) < 4.78 is 37.4. The highest BCUT2D eigenvalue weighted by Gasteiger charge is 2.35. The van der Waals surface area contributed by atoms with Crippen molar-refractivity contribution in [2.24, 2.45) is 0 Å². The van der Waals surface area contributed by atoms with Gasteiger partial charge in [-0.3, -0.25) is 4.79 Å². The summed E-state index contributed by atoms with van der Waals surface area (Å²) in [5.41, 5.74) is 1.35. The van der Waals surface area contributed by atoms with E-state index in [0.29, 0.717) is 17.7 Å². The van der Waals surface area contributed by atoms with Crippen molar-refractivity contribution in [2.45, 2.75) is 44.2 Å². The third-order valence-electron chi connectivity index (χ3n) is 4.89. The molecule has 2 aromatic rings. The Kier molecular flexibility index (Phi) is 10.2. The number of pyridine rings is 1. The second-order valence-electron chi connectivity index (χ2n) is 7.21. The first-order valence-corrected chi connectivity index (χ1v) is 12.2. The Morgan fingerprint density at radius 1 is 1.09 bits per heavy atom. The van der Waals surface area contributed by atoms with Crippen LogP contribution < -0.4 is 0 Å². The number of esters is 2. The van der Waals surface area contributed by atoms with Crippen LogP contribution in [0, 0.1) is 0 Å². The van der Waals surface area contributed by atoms with Crippen LogP contribution in [0.2, 0.25) is 0 Å². The highest BCUT2D eigenvalue weighted by molar-refractivity contribution is 7.89. The summed E-state index contributed by atoms with van der Waals surface area (Å²) in [4.78, 5) is 28.6. The number of hydrogen-bond acceptors (Lipinski definition) is 7. The highest BCUT2D eigenvalue weighted by atomic mass is 32.2. The SMILES string of the molecule is CCCCOC(=O)/C=C/c1ccccc1CC(C(=O)OCC)N(C)S(=O)(=O)c1ccccn1. The van der Waals surface area contributed by atoms with Gasteiger partial charge < -0.3 is 9.47 Å². The summed E-state index contributed by atoms with van der Waals surface area (Å²) in [6, 6.07) is 10.5. The van der Waals surface area contributed by atoms with Crippen LogP contribution in [0.4, 0.5) is 0 Å². The second-order valence-corrected chi connectivity index (χ2v) is 9.16. The molecule has 0 saturated carbocycles. The van der Waals surface area contributed by atoms with Crippen molar-refractivity contribution >= 4 is 28.0 Å². The number of carbonyl (C=O) groups is 2. The minimum absolute atomic E-state index is 0.0484. The minimum Gasteiger partial charge on any atom is -0.465 e. The Hall–Kier alpha value is -3.04.